The maximum atomic E-state index is 2.63. The second-order valence-corrected chi connectivity index (χ2v) is 4.37. The summed E-state index contributed by atoms with van der Waals surface area (Å²) in [5.41, 5.74) is 0. The van der Waals surface area contributed by atoms with Crippen molar-refractivity contribution in [2.45, 2.75) is 19.4 Å². The molecule has 0 N–H and O–H groups in total. The van der Waals surface area contributed by atoms with Gasteiger partial charge in [0.2, 0.25) is 0 Å². The molecule has 0 spiro atoms. The molecule has 0 radical (unpaired) electrons. The van der Waals surface area contributed by atoms with Gasteiger partial charge >= 0.3 is 0 Å². The van der Waals surface area contributed by atoms with E-state index in [1.807, 2.05) is 0 Å². The van der Waals surface area contributed by atoms with Crippen LogP contribution in [0.5, 0.6) is 0 Å². The van der Waals surface area contributed by atoms with Crippen molar-refractivity contribution < 1.29 is 0 Å². The van der Waals surface area contributed by atoms with E-state index in [4.69, 9.17) is 0 Å². The third-order valence-electron chi connectivity index (χ3n) is 3.40. The Morgan fingerprint density at radius 3 is 2.85 bits per heavy atom. The predicted octanol–water partition coefficient (Wildman–Crippen LogP) is 0.286. The van der Waals surface area contributed by atoms with Crippen LogP contribution in [0.15, 0.2) is 0 Å². The summed E-state index contributed by atoms with van der Waals surface area (Å²) in [6.07, 6.45) is 1.35. The van der Waals surface area contributed by atoms with E-state index in [9.17, 15) is 0 Å². The number of likely N-dealkylation sites (N-methyl/N-ethyl adjacent to an activating group) is 1. The molecule has 0 aromatic rings. The Bertz CT molecular complexity index is 172. The molecule has 13 heavy (non-hydrogen) atoms. The van der Waals surface area contributed by atoms with Crippen LogP contribution in [0.3, 0.4) is 0 Å². The number of nitrogens with zero attached hydrogens (tertiary/aromatic N) is 3. The average Bonchev–Trinajstić information content (AvgIpc) is 2.17. The van der Waals surface area contributed by atoms with E-state index in [0.29, 0.717) is 0 Å². The van der Waals surface area contributed by atoms with Gasteiger partial charge in [-0.2, -0.15) is 0 Å². The third kappa shape index (κ3) is 2.03. The minimum absolute atomic E-state index is 0.838. The van der Waals surface area contributed by atoms with Crippen LogP contribution >= 0.6 is 0 Å². The molecule has 1 unspecified atom stereocenters. The first-order chi connectivity index (χ1) is 6.29. The van der Waals surface area contributed by atoms with Crippen molar-refractivity contribution in [3.63, 3.8) is 0 Å². The average molecular weight is 183 g/mol. The van der Waals surface area contributed by atoms with Crippen LogP contribution in [-0.4, -0.2) is 67.2 Å². The lowest BCUT2D eigenvalue weighted by atomic mass is 10.1. The van der Waals surface area contributed by atoms with Crippen LogP contribution < -0.4 is 0 Å². The Hall–Kier alpha value is -0.120. The van der Waals surface area contributed by atoms with Gasteiger partial charge in [0, 0.05) is 32.2 Å². The van der Waals surface area contributed by atoms with Crippen LogP contribution in [0.25, 0.3) is 0 Å². The highest BCUT2D eigenvalue weighted by Crippen LogP contribution is 2.17. The van der Waals surface area contributed by atoms with Gasteiger partial charge in [0.05, 0.1) is 6.67 Å². The lowest BCUT2D eigenvalue weighted by molar-refractivity contribution is -0.00137. The minimum Gasteiger partial charge on any atom is -0.301 e. The zero-order valence-corrected chi connectivity index (χ0v) is 8.87. The molecule has 0 bridgehead atoms. The molecule has 2 aliphatic rings. The molecule has 0 saturated carbocycles. The number of fused-ring (bicyclic) bond motifs is 1. The molecule has 1 atom stereocenters. The van der Waals surface area contributed by atoms with E-state index < -0.39 is 0 Å². The summed E-state index contributed by atoms with van der Waals surface area (Å²) in [4.78, 5) is 7.64. The van der Waals surface area contributed by atoms with Crippen molar-refractivity contribution in [1.82, 2.24) is 14.7 Å². The number of piperazine rings is 1. The molecule has 0 amide bonds. The highest BCUT2D eigenvalue weighted by atomic mass is 15.4. The smallest absolute Gasteiger partial charge is 0.0507 e. The summed E-state index contributed by atoms with van der Waals surface area (Å²) < 4.78 is 0. The Morgan fingerprint density at radius 1 is 1.23 bits per heavy atom. The molecular weight excluding hydrogens is 162 g/mol. The molecule has 3 heteroatoms. The molecule has 0 aliphatic carbocycles. The van der Waals surface area contributed by atoms with Crippen LogP contribution in [0.1, 0.15) is 13.3 Å². The largest absolute Gasteiger partial charge is 0.301 e. The van der Waals surface area contributed by atoms with Gasteiger partial charge in [-0.1, -0.05) is 6.92 Å². The lowest BCUT2D eigenvalue weighted by Crippen LogP contribution is -2.59. The van der Waals surface area contributed by atoms with E-state index in [0.717, 1.165) is 6.04 Å². The Labute approximate surface area is 81.3 Å². The van der Waals surface area contributed by atoms with Crippen LogP contribution in [0.2, 0.25) is 0 Å². The molecule has 2 aliphatic heterocycles. The quantitative estimate of drug-likeness (QED) is 0.578. The van der Waals surface area contributed by atoms with E-state index in [1.54, 1.807) is 0 Å². The maximum Gasteiger partial charge on any atom is 0.0507 e. The van der Waals surface area contributed by atoms with Crippen molar-refractivity contribution in [3.8, 4) is 0 Å². The SMILES string of the molecule is CCN1CCN2CN(C)CCC2C1. The van der Waals surface area contributed by atoms with Gasteiger partial charge in [-0.15, -0.1) is 0 Å². The summed E-state index contributed by atoms with van der Waals surface area (Å²) in [6, 6.07) is 0.838. The van der Waals surface area contributed by atoms with Gasteiger partial charge < -0.3 is 4.90 Å². The summed E-state index contributed by atoms with van der Waals surface area (Å²) in [5.74, 6) is 0. The molecule has 3 nitrogen and oxygen atoms in total. The first-order valence-corrected chi connectivity index (χ1v) is 5.44. The summed E-state index contributed by atoms with van der Waals surface area (Å²) in [7, 11) is 2.22. The predicted molar refractivity (Wildman–Crippen MR) is 54.7 cm³/mol. The maximum absolute atomic E-state index is 2.63. The monoisotopic (exact) mass is 183 g/mol. The van der Waals surface area contributed by atoms with Crippen molar-refractivity contribution in [2.75, 3.05) is 46.4 Å². The molecule has 2 rings (SSSR count). The van der Waals surface area contributed by atoms with Gasteiger partial charge in [-0.3, -0.25) is 9.80 Å². The fourth-order valence-electron chi connectivity index (χ4n) is 2.45. The molecule has 0 aromatic carbocycles. The first-order valence-electron chi connectivity index (χ1n) is 5.44. The van der Waals surface area contributed by atoms with Crippen molar-refractivity contribution >= 4 is 0 Å². The molecule has 2 saturated heterocycles. The van der Waals surface area contributed by atoms with Crippen molar-refractivity contribution in [3.05, 3.63) is 0 Å². The number of hydrogen-bond donors (Lipinski definition) is 0. The fraction of sp³-hybridized carbons (Fsp3) is 1.00. The van der Waals surface area contributed by atoms with E-state index in [2.05, 4.69) is 28.7 Å². The van der Waals surface area contributed by atoms with E-state index in [1.165, 1.54) is 45.8 Å². The summed E-state index contributed by atoms with van der Waals surface area (Å²) >= 11 is 0. The Balaban J connectivity index is 1.90. The Kier molecular flexibility index (Phi) is 2.86. The molecule has 2 heterocycles. The molecule has 0 aromatic heterocycles. The number of rotatable bonds is 1. The zero-order chi connectivity index (χ0) is 9.26. The van der Waals surface area contributed by atoms with Gasteiger partial charge in [0.25, 0.3) is 0 Å². The molecular formula is C10H21N3. The molecule has 2 fully saturated rings. The minimum atomic E-state index is 0.838. The second-order valence-electron chi connectivity index (χ2n) is 4.37. The Morgan fingerprint density at radius 2 is 2.08 bits per heavy atom. The summed E-state index contributed by atoms with van der Waals surface area (Å²) in [6.45, 7) is 9.78. The van der Waals surface area contributed by atoms with Crippen molar-refractivity contribution in [2.24, 2.45) is 0 Å². The highest BCUT2D eigenvalue weighted by molar-refractivity contribution is 4.84. The van der Waals surface area contributed by atoms with Gasteiger partial charge in [0.15, 0.2) is 0 Å². The zero-order valence-electron chi connectivity index (χ0n) is 8.87. The van der Waals surface area contributed by atoms with E-state index >= 15 is 0 Å². The topological polar surface area (TPSA) is 9.72 Å². The third-order valence-corrected chi connectivity index (χ3v) is 3.40. The highest BCUT2D eigenvalue weighted by Gasteiger charge is 2.29. The summed E-state index contributed by atoms with van der Waals surface area (Å²) in [5, 5.41) is 0. The van der Waals surface area contributed by atoms with Crippen LogP contribution in [0.4, 0.5) is 0 Å². The van der Waals surface area contributed by atoms with Crippen LogP contribution in [-0.2, 0) is 0 Å². The van der Waals surface area contributed by atoms with Gasteiger partial charge in [-0.05, 0) is 20.0 Å². The van der Waals surface area contributed by atoms with Gasteiger partial charge in [0.1, 0.15) is 0 Å². The van der Waals surface area contributed by atoms with Crippen LogP contribution in [0, 0.1) is 0 Å². The van der Waals surface area contributed by atoms with Gasteiger partial charge in [-0.25, -0.2) is 0 Å². The van der Waals surface area contributed by atoms with E-state index in [-0.39, 0.29) is 0 Å². The lowest BCUT2D eigenvalue weighted by Gasteiger charge is -2.46. The first kappa shape index (κ1) is 9.44. The second kappa shape index (κ2) is 3.95. The van der Waals surface area contributed by atoms with Crippen molar-refractivity contribution in [1.29, 1.82) is 0 Å². The standard InChI is InChI=1S/C10H21N3/c1-3-12-6-7-13-9-11(2)5-4-10(13)8-12/h10H,3-9H2,1-2H3. The molecule has 76 valence electrons. The fourth-order valence-corrected chi connectivity index (χ4v) is 2.45. The normalized spacial score (nSPS) is 33.2. The number of hydrogen-bond acceptors (Lipinski definition) is 3.